The summed E-state index contributed by atoms with van der Waals surface area (Å²) in [6.45, 7) is 4.88. The molecule has 0 aliphatic carbocycles. The fourth-order valence-corrected chi connectivity index (χ4v) is 2.55. The maximum Gasteiger partial charge on any atom is 0.227 e. The van der Waals surface area contributed by atoms with E-state index in [1.807, 2.05) is 0 Å². The van der Waals surface area contributed by atoms with E-state index in [1.54, 1.807) is 6.07 Å². The van der Waals surface area contributed by atoms with Crippen LogP contribution >= 0.6 is 11.6 Å². The number of nitrogens with zero attached hydrogens (tertiary/aromatic N) is 2. The first-order valence-electron chi connectivity index (χ1n) is 6.97. The molecule has 0 saturated heterocycles. The molecule has 0 saturated carbocycles. The van der Waals surface area contributed by atoms with Crippen LogP contribution in [-0.4, -0.2) is 16.7 Å². The summed E-state index contributed by atoms with van der Waals surface area (Å²) in [5, 5.41) is 4.17. The number of benzene rings is 1. The fourth-order valence-electron chi connectivity index (χ4n) is 2.29. The molecule has 21 heavy (non-hydrogen) atoms. The van der Waals surface area contributed by atoms with Gasteiger partial charge in [-0.15, -0.1) is 0 Å². The van der Waals surface area contributed by atoms with Crippen molar-refractivity contribution in [2.45, 2.75) is 26.7 Å². The smallest absolute Gasteiger partial charge is 0.227 e. The maximum atomic E-state index is 13.0. The number of nitrogens with two attached hydrogens (primary N) is 1. The van der Waals surface area contributed by atoms with Gasteiger partial charge in [-0.25, -0.2) is 4.39 Å². The summed E-state index contributed by atoms with van der Waals surface area (Å²) in [6, 6.07) is 4.09. The second kappa shape index (κ2) is 7.00. The number of rotatable bonds is 6. The highest BCUT2D eigenvalue weighted by Crippen LogP contribution is 2.26. The minimum Gasteiger partial charge on any atom is -0.339 e. The standard InChI is InChI=1S/C15H19ClFN3O/c1-9(2)5-10(8-18)6-14-19-15(20-21-14)12-4-3-11(17)7-13(12)16/h3-4,7,9-10H,5-6,8,18H2,1-2H3/t10-/m0/s1. The highest BCUT2D eigenvalue weighted by molar-refractivity contribution is 6.33. The lowest BCUT2D eigenvalue weighted by Crippen LogP contribution is -2.19. The Morgan fingerprint density at radius 2 is 2.14 bits per heavy atom. The van der Waals surface area contributed by atoms with E-state index in [4.69, 9.17) is 21.9 Å². The summed E-state index contributed by atoms with van der Waals surface area (Å²) in [5.41, 5.74) is 6.33. The Morgan fingerprint density at radius 3 is 2.76 bits per heavy atom. The molecule has 0 aliphatic heterocycles. The van der Waals surface area contributed by atoms with Gasteiger partial charge in [0.25, 0.3) is 0 Å². The average molecular weight is 312 g/mol. The lowest BCUT2D eigenvalue weighted by molar-refractivity contribution is 0.332. The molecule has 4 nitrogen and oxygen atoms in total. The van der Waals surface area contributed by atoms with E-state index < -0.39 is 5.82 Å². The van der Waals surface area contributed by atoms with Crippen molar-refractivity contribution in [3.8, 4) is 11.4 Å². The van der Waals surface area contributed by atoms with E-state index in [9.17, 15) is 4.39 Å². The third kappa shape index (κ3) is 4.25. The summed E-state index contributed by atoms with van der Waals surface area (Å²) >= 11 is 5.99. The summed E-state index contributed by atoms with van der Waals surface area (Å²) in [4.78, 5) is 4.33. The van der Waals surface area contributed by atoms with E-state index in [0.717, 1.165) is 6.42 Å². The zero-order valence-corrected chi connectivity index (χ0v) is 12.9. The third-order valence-corrected chi connectivity index (χ3v) is 3.55. The average Bonchev–Trinajstić information content (AvgIpc) is 2.85. The molecule has 0 aliphatic rings. The highest BCUT2D eigenvalue weighted by Gasteiger charge is 2.17. The van der Waals surface area contributed by atoms with Gasteiger partial charge in [0.15, 0.2) is 0 Å². The van der Waals surface area contributed by atoms with Crippen LogP contribution in [0.5, 0.6) is 0 Å². The maximum absolute atomic E-state index is 13.0. The van der Waals surface area contributed by atoms with Crippen molar-refractivity contribution in [2.24, 2.45) is 17.6 Å². The Hall–Kier alpha value is -1.46. The van der Waals surface area contributed by atoms with Crippen molar-refractivity contribution in [3.05, 3.63) is 34.9 Å². The predicted molar refractivity (Wildman–Crippen MR) is 80.4 cm³/mol. The van der Waals surface area contributed by atoms with Gasteiger partial charge in [0.2, 0.25) is 11.7 Å². The second-order valence-corrected chi connectivity index (χ2v) is 5.98. The van der Waals surface area contributed by atoms with Crippen LogP contribution in [0.4, 0.5) is 4.39 Å². The minimum atomic E-state index is -0.396. The molecule has 0 spiro atoms. The van der Waals surface area contributed by atoms with Crippen LogP contribution in [0.2, 0.25) is 5.02 Å². The zero-order valence-electron chi connectivity index (χ0n) is 12.1. The lowest BCUT2D eigenvalue weighted by atomic mass is 9.94. The molecule has 0 unspecified atom stereocenters. The third-order valence-electron chi connectivity index (χ3n) is 3.24. The Labute approximate surface area is 128 Å². The zero-order chi connectivity index (χ0) is 15.4. The number of hydrogen-bond donors (Lipinski definition) is 1. The molecule has 0 amide bonds. The van der Waals surface area contributed by atoms with Crippen LogP contribution in [-0.2, 0) is 6.42 Å². The fraction of sp³-hybridized carbons (Fsp3) is 0.467. The van der Waals surface area contributed by atoms with Crippen LogP contribution in [0, 0.1) is 17.7 Å². The van der Waals surface area contributed by atoms with Crippen molar-refractivity contribution in [2.75, 3.05) is 6.54 Å². The van der Waals surface area contributed by atoms with Crippen LogP contribution in [0.15, 0.2) is 22.7 Å². The first-order valence-corrected chi connectivity index (χ1v) is 7.35. The molecular formula is C15H19ClFN3O. The summed E-state index contributed by atoms with van der Waals surface area (Å²) in [7, 11) is 0. The van der Waals surface area contributed by atoms with Crippen molar-refractivity contribution in [3.63, 3.8) is 0 Å². The SMILES string of the molecule is CC(C)C[C@H](CN)Cc1nc(-c2ccc(F)cc2Cl)no1. The molecule has 1 atom stereocenters. The topological polar surface area (TPSA) is 64.9 Å². The molecule has 0 radical (unpaired) electrons. The molecule has 1 heterocycles. The van der Waals surface area contributed by atoms with Crippen LogP contribution in [0.3, 0.4) is 0 Å². The number of aromatic nitrogens is 2. The van der Waals surface area contributed by atoms with Crippen molar-refractivity contribution in [1.29, 1.82) is 0 Å². The van der Waals surface area contributed by atoms with E-state index in [2.05, 4.69) is 24.0 Å². The van der Waals surface area contributed by atoms with Gasteiger partial charge in [-0.05, 0) is 43.0 Å². The summed E-state index contributed by atoms with van der Waals surface area (Å²) < 4.78 is 18.3. The quantitative estimate of drug-likeness (QED) is 0.883. The second-order valence-electron chi connectivity index (χ2n) is 5.57. The van der Waals surface area contributed by atoms with Crippen molar-refractivity contribution < 1.29 is 8.91 Å². The minimum absolute atomic E-state index is 0.264. The van der Waals surface area contributed by atoms with Gasteiger partial charge in [0.1, 0.15) is 5.82 Å². The normalized spacial score (nSPS) is 12.9. The first-order chi connectivity index (χ1) is 9.99. The highest BCUT2D eigenvalue weighted by atomic mass is 35.5. The largest absolute Gasteiger partial charge is 0.339 e. The van der Waals surface area contributed by atoms with E-state index in [1.165, 1.54) is 12.1 Å². The molecule has 2 rings (SSSR count). The van der Waals surface area contributed by atoms with E-state index in [0.29, 0.717) is 42.1 Å². The molecule has 6 heteroatoms. The van der Waals surface area contributed by atoms with Gasteiger partial charge in [0, 0.05) is 12.0 Å². The Morgan fingerprint density at radius 1 is 1.38 bits per heavy atom. The Balaban J connectivity index is 2.14. The summed E-state index contributed by atoms with van der Waals surface area (Å²) in [5.74, 6) is 1.37. The van der Waals surface area contributed by atoms with Gasteiger partial charge in [-0.3, -0.25) is 0 Å². The van der Waals surface area contributed by atoms with Gasteiger partial charge in [-0.2, -0.15) is 4.98 Å². The molecule has 0 bridgehead atoms. The van der Waals surface area contributed by atoms with Gasteiger partial charge >= 0.3 is 0 Å². The molecule has 114 valence electrons. The van der Waals surface area contributed by atoms with Crippen LogP contribution in [0.1, 0.15) is 26.2 Å². The molecule has 1 aromatic carbocycles. The molecule has 1 aromatic heterocycles. The van der Waals surface area contributed by atoms with Crippen LogP contribution in [0.25, 0.3) is 11.4 Å². The van der Waals surface area contributed by atoms with E-state index >= 15 is 0 Å². The molecule has 0 fully saturated rings. The lowest BCUT2D eigenvalue weighted by Gasteiger charge is -2.14. The number of hydrogen-bond acceptors (Lipinski definition) is 4. The molecule has 2 N–H and O–H groups in total. The van der Waals surface area contributed by atoms with Gasteiger partial charge in [0.05, 0.1) is 5.02 Å². The van der Waals surface area contributed by atoms with Crippen molar-refractivity contribution in [1.82, 2.24) is 10.1 Å². The molecule has 2 aromatic rings. The summed E-state index contributed by atoms with van der Waals surface area (Å²) in [6.07, 6.45) is 1.64. The van der Waals surface area contributed by atoms with Crippen molar-refractivity contribution >= 4 is 11.6 Å². The number of halogens is 2. The Bertz CT molecular complexity index is 600. The Kier molecular flexibility index (Phi) is 5.31. The predicted octanol–water partition coefficient (Wildman–Crippen LogP) is 3.69. The van der Waals surface area contributed by atoms with Gasteiger partial charge < -0.3 is 10.3 Å². The first kappa shape index (κ1) is 15.9. The van der Waals surface area contributed by atoms with Gasteiger partial charge in [-0.1, -0.05) is 30.6 Å². The van der Waals surface area contributed by atoms with E-state index in [-0.39, 0.29) is 5.02 Å². The van der Waals surface area contributed by atoms with Crippen LogP contribution < -0.4 is 5.73 Å². The molecular weight excluding hydrogens is 293 g/mol. The monoisotopic (exact) mass is 311 g/mol.